The smallest absolute Gasteiger partial charge is 0.191 e. The topological polar surface area (TPSA) is 66.4 Å². The van der Waals surface area contributed by atoms with Gasteiger partial charge in [-0.1, -0.05) is 0 Å². The molecule has 0 aliphatic heterocycles. The number of aliphatic imine (C=N–C) groups is 1. The van der Waals surface area contributed by atoms with Crippen molar-refractivity contribution in [3.63, 3.8) is 0 Å². The van der Waals surface area contributed by atoms with Gasteiger partial charge in [0.25, 0.3) is 0 Å². The standard InChI is InChI=1S/C15H28N4OS2.HI/c1-11-12(2)21-13(19-11)7-8-17-14(16-6)18-9-10-22(20)15(3,4)5;/h7-10H2,1-6H3,(H2,16,17,18);1H. The van der Waals surface area contributed by atoms with E-state index in [1.54, 1.807) is 18.4 Å². The van der Waals surface area contributed by atoms with Gasteiger partial charge in [-0.2, -0.15) is 0 Å². The highest BCUT2D eigenvalue weighted by molar-refractivity contribution is 14.0. The molecule has 0 aliphatic rings. The van der Waals surface area contributed by atoms with E-state index in [2.05, 4.69) is 27.5 Å². The molecular formula is C15H29IN4OS2. The van der Waals surface area contributed by atoms with Crippen LogP contribution in [0, 0.1) is 13.8 Å². The molecule has 0 saturated heterocycles. The normalized spacial score (nSPS) is 13.4. The summed E-state index contributed by atoms with van der Waals surface area (Å²) in [5.41, 5.74) is 1.12. The van der Waals surface area contributed by atoms with Crippen LogP contribution in [-0.2, 0) is 17.2 Å². The molecule has 0 saturated carbocycles. The van der Waals surface area contributed by atoms with Crippen LogP contribution in [0.2, 0.25) is 0 Å². The highest BCUT2D eigenvalue weighted by Crippen LogP contribution is 2.16. The van der Waals surface area contributed by atoms with E-state index in [0.29, 0.717) is 12.3 Å². The van der Waals surface area contributed by atoms with Crippen molar-refractivity contribution in [1.82, 2.24) is 15.6 Å². The third-order valence-electron chi connectivity index (χ3n) is 3.19. The molecule has 1 aromatic heterocycles. The van der Waals surface area contributed by atoms with Crippen LogP contribution in [0.5, 0.6) is 0 Å². The Labute approximate surface area is 163 Å². The number of nitrogens with one attached hydrogen (secondary N) is 2. The molecule has 23 heavy (non-hydrogen) atoms. The van der Waals surface area contributed by atoms with Gasteiger partial charge < -0.3 is 10.6 Å². The zero-order valence-electron chi connectivity index (χ0n) is 14.9. The number of rotatable bonds is 6. The van der Waals surface area contributed by atoms with E-state index in [4.69, 9.17) is 0 Å². The molecule has 1 atom stereocenters. The Hall–Kier alpha value is -0.220. The number of guanidine groups is 1. The number of nitrogens with zero attached hydrogens (tertiary/aromatic N) is 2. The lowest BCUT2D eigenvalue weighted by atomic mass is 10.3. The summed E-state index contributed by atoms with van der Waals surface area (Å²) < 4.78 is 11.8. The number of aryl methyl sites for hydroxylation is 2. The van der Waals surface area contributed by atoms with Crippen molar-refractivity contribution >= 4 is 52.1 Å². The van der Waals surface area contributed by atoms with E-state index in [1.165, 1.54) is 4.88 Å². The summed E-state index contributed by atoms with van der Waals surface area (Å²) in [4.78, 5) is 9.98. The molecule has 0 spiro atoms. The average molecular weight is 472 g/mol. The van der Waals surface area contributed by atoms with Gasteiger partial charge in [-0.3, -0.25) is 9.20 Å². The van der Waals surface area contributed by atoms with Crippen molar-refractivity contribution in [2.75, 3.05) is 25.9 Å². The summed E-state index contributed by atoms with van der Waals surface area (Å²) in [7, 11) is 0.899. The zero-order chi connectivity index (χ0) is 16.8. The monoisotopic (exact) mass is 472 g/mol. The average Bonchev–Trinajstić information content (AvgIpc) is 2.74. The fourth-order valence-corrected chi connectivity index (χ4v) is 3.56. The molecule has 1 aromatic rings. The van der Waals surface area contributed by atoms with Gasteiger partial charge in [0.15, 0.2) is 5.96 Å². The first-order chi connectivity index (χ1) is 10.2. The van der Waals surface area contributed by atoms with Crippen molar-refractivity contribution in [1.29, 1.82) is 0 Å². The van der Waals surface area contributed by atoms with Crippen molar-refractivity contribution in [3.8, 4) is 0 Å². The Morgan fingerprint density at radius 1 is 1.26 bits per heavy atom. The Morgan fingerprint density at radius 3 is 2.35 bits per heavy atom. The molecule has 0 fully saturated rings. The first-order valence-electron chi connectivity index (χ1n) is 7.50. The number of halogens is 1. The largest absolute Gasteiger partial charge is 0.356 e. The summed E-state index contributed by atoms with van der Waals surface area (Å²) in [6, 6.07) is 0. The Morgan fingerprint density at radius 2 is 1.87 bits per heavy atom. The zero-order valence-corrected chi connectivity index (χ0v) is 18.8. The number of thiazole rings is 1. The molecule has 1 rings (SSSR count). The Balaban J connectivity index is 0.00000484. The van der Waals surface area contributed by atoms with Crippen LogP contribution in [0.15, 0.2) is 4.99 Å². The lowest BCUT2D eigenvalue weighted by Crippen LogP contribution is -2.41. The molecule has 0 aliphatic carbocycles. The summed E-state index contributed by atoms with van der Waals surface area (Å²) in [6.45, 7) is 11.6. The summed E-state index contributed by atoms with van der Waals surface area (Å²) in [6.07, 6.45) is 0.883. The van der Waals surface area contributed by atoms with E-state index < -0.39 is 10.8 Å². The van der Waals surface area contributed by atoms with Crippen molar-refractivity contribution in [2.45, 2.75) is 45.8 Å². The van der Waals surface area contributed by atoms with E-state index >= 15 is 0 Å². The molecule has 1 unspecified atom stereocenters. The third-order valence-corrected chi connectivity index (χ3v) is 6.26. The molecular weight excluding hydrogens is 443 g/mol. The van der Waals surface area contributed by atoms with Crippen molar-refractivity contribution < 1.29 is 4.21 Å². The molecule has 8 heteroatoms. The van der Waals surface area contributed by atoms with Crippen molar-refractivity contribution in [3.05, 3.63) is 15.6 Å². The fourth-order valence-electron chi connectivity index (χ4n) is 1.72. The van der Waals surface area contributed by atoms with E-state index in [-0.39, 0.29) is 28.7 Å². The van der Waals surface area contributed by atoms with E-state index in [9.17, 15) is 4.21 Å². The predicted molar refractivity (Wildman–Crippen MR) is 113 cm³/mol. The summed E-state index contributed by atoms with van der Waals surface area (Å²) in [5, 5.41) is 7.61. The second-order valence-electron chi connectivity index (χ2n) is 6.09. The van der Waals surface area contributed by atoms with Gasteiger partial charge in [-0.15, -0.1) is 35.3 Å². The van der Waals surface area contributed by atoms with Gasteiger partial charge in [0.2, 0.25) is 0 Å². The Bertz CT molecular complexity index is 519. The highest BCUT2D eigenvalue weighted by Gasteiger charge is 2.18. The van der Waals surface area contributed by atoms with Crippen molar-refractivity contribution in [2.24, 2.45) is 4.99 Å². The van der Waals surface area contributed by atoms with Gasteiger partial charge in [0.05, 0.1) is 10.7 Å². The molecule has 1 heterocycles. The van der Waals surface area contributed by atoms with E-state index in [1.807, 2.05) is 27.7 Å². The maximum atomic E-state index is 12.0. The van der Waals surface area contributed by atoms with Crippen LogP contribution in [-0.4, -0.2) is 45.8 Å². The minimum Gasteiger partial charge on any atom is -0.356 e. The number of hydrogen-bond acceptors (Lipinski definition) is 4. The van der Waals surface area contributed by atoms with Crippen LogP contribution in [0.3, 0.4) is 0 Å². The summed E-state index contributed by atoms with van der Waals surface area (Å²) in [5.74, 6) is 1.37. The molecule has 0 radical (unpaired) electrons. The molecule has 0 amide bonds. The first-order valence-corrected chi connectivity index (χ1v) is 9.63. The van der Waals surface area contributed by atoms with Gasteiger partial charge in [-0.05, 0) is 34.6 Å². The van der Waals surface area contributed by atoms with Crippen LogP contribution >= 0.6 is 35.3 Å². The number of hydrogen-bond donors (Lipinski definition) is 2. The number of aromatic nitrogens is 1. The van der Waals surface area contributed by atoms with Crippen LogP contribution in [0.4, 0.5) is 0 Å². The minimum atomic E-state index is -0.845. The Kier molecular flexibility index (Phi) is 10.5. The lowest BCUT2D eigenvalue weighted by molar-refractivity contribution is 0.647. The quantitative estimate of drug-likeness (QED) is 0.380. The minimum absolute atomic E-state index is 0. The predicted octanol–water partition coefficient (Wildman–Crippen LogP) is 2.63. The third kappa shape index (κ3) is 8.44. The fraction of sp³-hybridized carbons (Fsp3) is 0.733. The lowest BCUT2D eigenvalue weighted by Gasteiger charge is -2.18. The molecule has 0 bridgehead atoms. The van der Waals surface area contributed by atoms with Gasteiger partial charge in [-0.25, -0.2) is 4.98 Å². The maximum absolute atomic E-state index is 12.0. The highest BCUT2D eigenvalue weighted by atomic mass is 127. The van der Waals surface area contributed by atoms with Crippen LogP contribution in [0.1, 0.15) is 36.3 Å². The second-order valence-corrected chi connectivity index (χ2v) is 9.70. The molecule has 2 N–H and O–H groups in total. The maximum Gasteiger partial charge on any atom is 0.191 e. The van der Waals surface area contributed by atoms with Crippen LogP contribution < -0.4 is 10.6 Å². The second kappa shape index (κ2) is 10.6. The molecule has 0 aromatic carbocycles. The van der Waals surface area contributed by atoms with Gasteiger partial charge in [0, 0.05) is 52.7 Å². The van der Waals surface area contributed by atoms with Gasteiger partial charge >= 0.3 is 0 Å². The van der Waals surface area contributed by atoms with E-state index in [0.717, 1.165) is 29.6 Å². The SMILES string of the molecule is CN=C(NCCc1nc(C)c(C)s1)NCCS(=O)C(C)(C)C.I. The summed E-state index contributed by atoms with van der Waals surface area (Å²) >= 11 is 1.75. The van der Waals surface area contributed by atoms with Gasteiger partial charge in [0.1, 0.15) is 0 Å². The molecule has 134 valence electrons. The first kappa shape index (κ1) is 22.8. The van der Waals surface area contributed by atoms with Crippen LogP contribution in [0.25, 0.3) is 0 Å². The molecule has 5 nitrogen and oxygen atoms in total.